The zero-order valence-corrected chi connectivity index (χ0v) is 10.6. The van der Waals surface area contributed by atoms with Crippen LogP contribution in [0.5, 0.6) is 0 Å². The molecule has 2 heterocycles. The summed E-state index contributed by atoms with van der Waals surface area (Å²) >= 11 is 1.26. The van der Waals surface area contributed by atoms with E-state index in [9.17, 15) is 9.59 Å². The molecule has 2 rings (SSSR count). The minimum Gasteiger partial charge on any atom is -0.347 e. The number of ketones is 1. The predicted molar refractivity (Wildman–Crippen MR) is 67.7 cm³/mol. The Hall–Kier alpha value is -1.20. The average Bonchev–Trinajstić information content (AvgIpc) is 2.79. The lowest BCUT2D eigenvalue weighted by Gasteiger charge is -2.23. The molecule has 1 amide bonds. The van der Waals surface area contributed by atoms with Crippen molar-refractivity contribution in [2.45, 2.75) is 25.8 Å². The summed E-state index contributed by atoms with van der Waals surface area (Å²) in [4.78, 5) is 24.3. The highest BCUT2D eigenvalue weighted by Crippen LogP contribution is 2.17. The normalized spacial score (nSPS) is 19.9. The van der Waals surface area contributed by atoms with Crippen LogP contribution in [0.2, 0.25) is 0 Å². The Balaban J connectivity index is 1.96. The third-order valence-corrected chi connectivity index (χ3v) is 3.99. The van der Waals surface area contributed by atoms with E-state index in [-0.39, 0.29) is 17.7 Å². The molecule has 0 radical (unpaired) electrons. The van der Waals surface area contributed by atoms with Crippen LogP contribution < -0.4 is 10.6 Å². The number of amides is 1. The summed E-state index contributed by atoms with van der Waals surface area (Å²) in [6.45, 7) is 3.37. The third-order valence-electron chi connectivity index (χ3n) is 2.81. The van der Waals surface area contributed by atoms with Crippen LogP contribution in [0, 0.1) is 0 Å². The van der Waals surface area contributed by atoms with E-state index < -0.39 is 0 Å². The van der Waals surface area contributed by atoms with Crippen molar-refractivity contribution in [2.24, 2.45) is 0 Å². The van der Waals surface area contributed by atoms with E-state index in [1.807, 2.05) is 0 Å². The second-order valence-corrected chi connectivity index (χ2v) is 5.32. The molecule has 2 N–H and O–H groups in total. The maximum Gasteiger partial charge on any atom is 0.261 e. The van der Waals surface area contributed by atoms with Gasteiger partial charge in [0.2, 0.25) is 0 Å². The largest absolute Gasteiger partial charge is 0.347 e. The molecule has 1 saturated heterocycles. The molecule has 1 aromatic heterocycles. The Labute approximate surface area is 104 Å². The lowest BCUT2D eigenvalue weighted by Crippen LogP contribution is -2.45. The molecule has 1 aromatic rings. The van der Waals surface area contributed by atoms with Crippen LogP contribution in [0.1, 0.15) is 39.1 Å². The van der Waals surface area contributed by atoms with Crippen LogP contribution in [0.4, 0.5) is 0 Å². The maximum atomic E-state index is 11.9. The van der Waals surface area contributed by atoms with Crippen molar-refractivity contribution in [1.82, 2.24) is 10.6 Å². The number of Topliss-reactive ketones (excluding diaryl/α,β-unsaturated/α-hetero) is 1. The first-order valence-electron chi connectivity index (χ1n) is 5.79. The molecule has 1 fully saturated rings. The standard InChI is InChI=1S/C12H16N2O2S/c1-8(15)10-4-5-11(17-10)12(16)14-9-3-2-6-13-7-9/h4-5,9,13H,2-3,6-7H2,1H3,(H,14,16)/t9-/m0/s1. The molecule has 0 aromatic carbocycles. The van der Waals surface area contributed by atoms with Crippen LogP contribution >= 0.6 is 11.3 Å². The highest BCUT2D eigenvalue weighted by atomic mass is 32.1. The van der Waals surface area contributed by atoms with Gasteiger partial charge in [-0.25, -0.2) is 0 Å². The van der Waals surface area contributed by atoms with Crippen molar-refractivity contribution in [3.8, 4) is 0 Å². The van der Waals surface area contributed by atoms with E-state index in [4.69, 9.17) is 0 Å². The summed E-state index contributed by atoms with van der Waals surface area (Å²) in [6, 6.07) is 3.63. The van der Waals surface area contributed by atoms with Crippen LogP contribution in [-0.4, -0.2) is 30.8 Å². The van der Waals surface area contributed by atoms with E-state index in [1.54, 1.807) is 12.1 Å². The van der Waals surface area contributed by atoms with Gasteiger partial charge >= 0.3 is 0 Å². The monoisotopic (exact) mass is 252 g/mol. The number of carbonyl (C=O) groups is 2. The van der Waals surface area contributed by atoms with E-state index in [2.05, 4.69) is 10.6 Å². The first-order chi connectivity index (χ1) is 8.16. The number of hydrogen-bond acceptors (Lipinski definition) is 4. The third kappa shape index (κ3) is 3.14. The number of nitrogens with one attached hydrogen (secondary N) is 2. The van der Waals surface area contributed by atoms with Crippen molar-refractivity contribution in [3.05, 3.63) is 21.9 Å². The summed E-state index contributed by atoms with van der Waals surface area (Å²) in [6.07, 6.45) is 2.11. The number of piperidine rings is 1. The number of thiophene rings is 1. The summed E-state index contributed by atoms with van der Waals surface area (Å²) < 4.78 is 0. The lowest BCUT2D eigenvalue weighted by atomic mass is 10.1. The summed E-state index contributed by atoms with van der Waals surface area (Å²) in [5, 5.41) is 6.23. The Kier molecular flexibility index (Phi) is 3.91. The Morgan fingerprint density at radius 1 is 1.41 bits per heavy atom. The SMILES string of the molecule is CC(=O)c1ccc(C(=O)N[C@H]2CCCNC2)s1. The highest BCUT2D eigenvalue weighted by molar-refractivity contribution is 7.15. The first-order valence-corrected chi connectivity index (χ1v) is 6.61. The van der Waals surface area contributed by atoms with Gasteiger partial charge in [0.1, 0.15) is 0 Å². The molecule has 0 saturated carbocycles. The number of rotatable bonds is 3. The second-order valence-electron chi connectivity index (χ2n) is 4.24. The Morgan fingerprint density at radius 2 is 2.18 bits per heavy atom. The molecular weight excluding hydrogens is 236 g/mol. The molecule has 17 heavy (non-hydrogen) atoms. The fourth-order valence-electron chi connectivity index (χ4n) is 1.88. The fourth-order valence-corrected chi connectivity index (χ4v) is 2.69. The highest BCUT2D eigenvalue weighted by Gasteiger charge is 2.17. The van der Waals surface area contributed by atoms with E-state index in [1.165, 1.54) is 18.3 Å². The predicted octanol–water partition coefficient (Wildman–Crippen LogP) is 1.43. The zero-order chi connectivity index (χ0) is 12.3. The van der Waals surface area contributed by atoms with Crippen LogP contribution in [0.25, 0.3) is 0 Å². The van der Waals surface area contributed by atoms with Gasteiger partial charge in [-0.15, -0.1) is 11.3 Å². The maximum absolute atomic E-state index is 11.9. The van der Waals surface area contributed by atoms with Gasteiger partial charge in [0, 0.05) is 12.6 Å². The van der Waals surface area contributed by atoms with Gasteiger partial charge in [-0.05, 0) is 38.4 Å². The fraction of sp³-hybridized carbons (Fsp3) is 0.500. The molecule has 4 nitrogen and oxygen atoms in total. The smallest absolute Gasteiger partial charge is 0.261 e. The molecule has 1 aliphatic heterocycles. The quantitative estimate of drug-likeness (QED) is 0.800. The van der Waals surface area contributed by atoms with E-state index >= 15 is 0 Å². The van der Waals surface area contributed by atoms with Gasteiger partial charge in [0.25, 0.3) is 5.91 Å². The topological polar surface area (TPSA) is 58.2 Å². The summed E-state index contributed by atoms with van der Waals surface area (Å²) in [5.74, 6) is -0.0652. The van der Waals surface area contributed by atoms with Crippen LogP contribution in [0.3, 0.4) is 0 Å². The van der Waals surface area contributed by atoms with Crippen molar-refractivity contribution in [1.29, 1.82) is 0 Å². The Morgan fingerprint density at radius 3 is 2.76 bits per heavy atom. The average molecular weight is 252 g/mol. The van der Waals surface area contributed by atoms with E-state index in [0.29, 0.717) is 9.75 Å². The van der Waals surface area contributed by atoms with Crippen molar-refractivity contribution < 1.29 is 9.59 Å². The Bertz CT molecular complexity index is 422. The molecule has 0 unspecified atom stereocenters. The van der Waals surface area contributed by atoms with Gasteiger partial charge in [-0.3, -0.25) is 9.59 Å². The van der Waals surface area contributed by atoms with Gasteiger partial charge in [-0.1, -0.05) is 0 Å². The van der Waals surface area contributed by atoms with Gasteiger partial charge in [0.05, 0.1) is 9.75 Å². The number of hydrogen-bond donors (Lipinski definition) is 2. The van der Waals surface area contributed by atoms with Crippen LogP contribution in [-0.2, 0) is 0 Å². The van der Waals surface area contributed by atoms with Crippen molar-refractivity contribution in [3.63, 3.8) is 0 Å². The van der Waals surface area contributed by atoms with Gasteiger partial charge < -0.3 is 10.6 Å². The second kappa shape index (κ2) is 5.42. The molecule has 5 heteroatoms. The van der Waals surface area contributed by atoms with Crippen molar-refractivity contribution in [2.75, 3.05) is 13.1 Å². The van der Waals surface area contributed by atoms with Gasteiger partial charge in [-0.2, -0.15) is 0 Å². The van der Waals surface area contributed by atoms with Crippen molar-refractivity contribution >= 4 is 23.0 Å². The lowest BCUT2D eigenvalue weighted by molar-refractivity contribution is 0.0934. The van der Waals surface area contributed by atoms with Gasteiger partial charge in [0.15, 0.2) is 5.78 Å². The molecule has 92 valence electrons. The van der Waals surface area contributed by atoms with Crippen LogP contribution in [0.15, 0.2) is 12.1 Å². The van der Waals surface area contributed by atoms with E-state index in [0.717, 1.165) is 25.9 Å². The molecule has 0 bridgehead atoms. The minimum atomic E-state index is -0.0730. The molecular formula is C12H16N2O2S. The molecule has 0 aliphatic carbocycles. The molecule has 0 spiro atoms. The first kappa shape index (κ1) is 12.3. The zero-order valence-electron chi connectivity index (χ0n) is 9.79. The summed E-state index contributed by atoms with van der Waals surface area (Å²) in [5.41, 5.74) is 0. The molecule has 1 atom stereocenters. The molecule has 1 aliphatic rings. The number of carbonyl (C=O) groups excluding carboxylic acids is 2. The summed E-state index contributed by atoms with van der Waals surface area (Å²) in [7, 11) is 0. The minimum absolute atomic E-state index is 0.00776.